The third-order valence-electron chi connectivity index (χ3n) is 2.27. The molecule has 17 heavy (non-hydrogen) atoms. The van der Waals surface area contributed by atoms with Crippen LogP contribution in [-0.4, -0.2) is 9.97 Å². The molecule has 0 radical (unpaired) electrons. The summed E-state index contributed by atoms with van der Waals surface area (Å²) in [6.07, 6.45) is 0.474. The second-order valence-electron chi connectivity index (χ2n) is 3.64. The third-order valence-corrected chi connectivity index (χ3v) is 2.76. The quantitative estimate of drug-likeness (QED) is 0.776. The zero-order valence-electron chi connectivity index (χ0n) is 9.04. The third kappa shape index (κ3) is 2.93. The Balaban J connectivity index is 2.31. The van der Waals surface area contributed by atoms with Crippen molar-refractivity contribution in [1.29, 1.82) is 0 Å². The standard InChI is InChI=1S/C12H9Cl2FN2/c1-7-11(15)12(14)17-10(16-7)6-8-3-2-4-9(13)5-8/h2-5H,6H2,1H3. The van der Waals surface area contributed by atoms with Gasteiger partial charge in [0.15, 0.2) is 11.0 Å². The number of hydrogen-bond acceptors (Lipinski definition) is 2. The Kier molecular flexibility index (Phi) is 3.60. The first-order valence-corrected chi connectivity index (χ1v) is 5.75. The summed E-state index contributed by atoms with van der Waals surface area (Å²) >= 11 is 11.5. The molecule has 0 fully saturated rings. The van der Waals surface area contributed by atoms with Crippen LogP contribution in [-0.2, 0) is 6.42 Å². The molecule has 0 saturated heterocycles. The van der Waals surface area contributed by atoms with Gasteiger partial charge in [0.2, 0.25) is 0 Å². The van der Waals surface area contributed by atoms with Gasteiger partial charge >= 0.3 is 0 Å². The number of hydrogen-bond donors (Lipinski definition) is 0. The van der Waals surface area contributed by atoms with E-state index in [1.54, 1.807) is 13.0 Å². The summed E-state index contributed by atoms with van der Waals surface area (Å²) in [6.45, 7) is 1.56. The predicted molar refractivity (Wildman–Crippen MR) is 66.0 cm³/mol. The highest BCUT2D eigenvalue weighted by Gasteiger charge is 2.09. The van der Waals surface area contributed by atoms with Gasteiger partial charge in [0.05, 0.1) is 5.69 Å². The molecule has 0 unspecified atom stereocenters. The van der Waals surface area contributed by atoms with Crippen molar-refractivity contribution in [2.75, 3.05) is 0 Å². The fourth-order valence-corrected chi connectivity index (χ4v) is 1.94. The van der Waals surface area contributed by atoms with Crippen molar-refractivity contribution < 1.29 is 4.39 Å². The summed E-state index contributed by atoms with van der Waals surface area (Å²) in [5, 5.41) is 0.502. The topological polar surface area (TPSA) is 25.8 Å². The van der Waals surface area contributed by atoms with E-state index in [-0.39, 0.29) is 10.8 Å². The first-order valence-electron chi connectivity index (χ1n) is 4.99. The number of benzene rings is 1. The normalized spacial score (nSPS) is 10.6. The van der Waals surface area contributed by atoms with Crippen LogP contribution in [0, 0.1) is 12.7 Å². The summed E-state index contributed by atoms with van der Waals surface area (Å²) in [4.78, 5) is 7.94. The minimum absolute atomic E-state index is 0.144. The zero-order chi connectivity index (χ0) is 12.4. The van der Waals surface area contributed by atoms with E-state index in [1.807, 2.05) is 18.2 Å². The van der Waals surface area contributed by atoms with E-state index in [0.29, 0.717) is 17.3 Å². The summed E-state index contributed by atoms with van der Waals surface area (Å²) in [7, 11) is 0. The number of nitrogens with zero attached hydrogens (tertiary/aromatic N) is 2. The smallest absolute Gasteiger partial charge is 0.181 e. The van der Waals surface area contributed by atoms with Crippen molar-refractivity contribution >= 4 is 23.2 Å². The van der Waals surface area contributed by atoms with Crippen LogP contribution in [0.5, 0.6) is 0 Å². The van der Waals surface area contributed by atoms with E-state index in [4.69, 9.17) is 23.2 Å². The lowest BCUT2D eigenvalue weighted by Gasteiger charge is -2.04. The van der Waals surface area contributed by atoms with Gasteiger partial charge in [0.25, 0.3) is 0 Å². The first kappa shape index (κ1) is 12.3. The highest BCUT2D eigenvalue weighted by atomic mass is 35.5. The lowest BCUT2D eigenvalue weighted by Crippen LogP contribution is -2.02. The highest BCUT2D eigenvalue weighted by Crippen LogP contribution is 2.17. The van der Waals surface area contributed by atoms with E-state index in [1.165, 1.54) is 0 Å². The van der Waals surface area contributed by atoms with Crippen LogP contribution in [0.15, 0.2) is 24.3 Å². The van der Waals surface area contributed by atoms with Crippen molar-refractivity contribution in [2.45, 2.75) is 13.3 Å². The molecule has 0 atom stereocenters. The van der Waals surface area contributed by atoms with Crippen molar-refractivity contribution in [3.8, 4) is 0 Å². The van der Waals surface area contributed by atoms with Gasteiger partial charge in [0.1, 0.15) is 5.82 Å². The van der Waals surface area contributed by atoms with Crippen LogP contribution >= 0.6 is 23.2 Å². The largest absolute Gasteiger partial charge is 0.235 e. The molecule has 0 aliphatic heterocycles. The Labute approximate surface area is 108 Å². The Bertz CT molecular complexity index is 535. The minimum atomic E-state index is -0.568. The number of aromatic nitrogens is 2. The van der Waals surface area contributed by atoms with Gasteiger partial charge < -0.3 is 0 Å². The molecule has 0 N–H and O–H groups in total. The van der Waals surface area contributed by atoms with Crippen LogP contribution in [0.3, 0.4) is 0 Å². The molecular formula is C12H9Cl2FN2. The van der Waals surface area contributed by atoms with Crippen LogP contribution < -0.4 is 0 Å². The molecule has 2 nitrogen and oxygen atoms in total. The number of halogens is 3. The van der Waals surface area contributed by atoms with Crippen LogP contribution in [0.4, 0.5) is 4.39 Å². The molecular weight excluding hydrogens is 262 g/mol. The highest BCUT2D eigenvalue weighted by molar-refractivity contribution is 6.30. The van der Waals surface area contributed by atoms with Crippen LogP contribution in [0.1, 0.15) is 17.1 Å². The van der Waals surface area contributed by atoms with Gasteiger partial charge in [0, 0.05) is 11.4 Å². The Morgan fingerprint density at radius 3 is 2.65 bits per heavy atom. The number of aryl methyl sites for hydroxylation is 1. The van der Waals surface area contributed by atoms with E-state index >= 15 is 0 Å². The SMILES string of the molecule is Cc1nc(Cc2cccc(Cl)c2)nc(Cl)c1F. The van der Waals surface area contributed by atoms with Crippen molar-refractivity contribution in [2.24, 2.45) is 0 Å². The van der Waals surface area contributed by atoms with Gasteiger partial charge in [-0.3, -0.25) is 0 Å². The van der Waals surface area contributed by atoms with Crippen LogP contribution in [0.25, 0.3) is 0 Å². The predicted octanol–water partition coefficient (Wildman–Crippen LogP) is 3.82. The van der Waals surface area contributed by atoms with Gasteiger partial charge in [-0.15, -0.1) is 0 Å². The second-order valence-corrected chi connectivity index (χ2v) is 4.43. The lowest BCUT2D eigenvalue weighted by atomic mass is 10.1. The van der Waals surface area contributed by atoms with Gasteiger partial charge in [-0.1, -0.05) is 35.3 Å². The van der Waals surface area contributed by atoms with Gasteiger partial charge in [-0.25, -0.2) is 14.4 Å². The molecule has 88 valence electrons. The Morgan fingerprint density at radius 2 is 2.00 bits per heavy atom. The molecule has 2 rings (SSSR count). The molecule has 5 heteroatoms. The van der Waals surface area contributed by atoms with Gasteiger partial charge in [-0.2, -0.15) is 0 Å². The maximum atomic E-state index is 13.2. The Hall–Kier alpha value is -1.19. The average molecular weight is 271 g/mol. The van der Waals surface area contributed by atoms with E-state index in [9.17, 15) is 4.39 Å². The molecule has 2 aromatic rings. The van der Waals surface area contributed by atoms with Crippen molar-refractivity contribution in [3.63, 3.8) is 0 Å². The molecule has 0 amide bonds. The molecule has 1 aromatic carbocycles. The maximum absolute atomic E-state index is 13.2. The van der Waals surface area contributed by atoms with E-state index in [2.05, 4.69) is 9.97 Å². The van der Waals surface area contributed by atoms with E-state index < -0.39 is 5.82 Å². The monoisotopic (exact) mass is 270 g/mol. The molecule has 1 heterocycles. The lowest BCUT2D eigenvalue weighted by molar-refractivity contribution is 0.597. The number of rotatable bonds is 2. The zero-order valence-corrected chi connectivity index (χ0v) is 10.6. The van der Waals surface area contributed by atoms with Crippen LogP contribution in [0.2, 0.25) is 10.2 Å². The fraction of sp³-hybridized carbons (Fsp3) is 0.167. The molecule has 0 aliphatic carbocycles. The average Bonchev–Trinajstić information content (AvgIpc) is 2.26. The molecule has 0 aliphatic rings. The summed E-state index contributed by atoms with van der Waals surface area (Å²) < 4.78 is 13.2. The summed E-state index contributed by atoms with van der Waals surface area (Å²) in [5.41, 5.74) is 1.21. The fourth-order valence-electron chi connectivity index (χ4n) is 1.49. The molecule has 0 spiro atoms. The van der Waals surface area contributed by atoms with Gasteiger partial charge in [-0.05, 0) is 24.6 Å². The van der Waals surface area contributed by atoms with Crippen molar-refractivity contribution in [1.82, 2.24) is 9.97 Å². The Morgan fingerprint density at radius 1 is 1.24 bits per heavy atom. The maximum Gasteiger partial charge on any atom is 0.181 e. The van der Waals surface area contributed by atoms with E-state index in [0.717, 1.165) is 5.56 Å². The summed E-state index contributed by atoms with van der Waals surface area (Å²) in [5.74, 6) is -0.0855. The molecule has 0 saturated carbocycles. The molecule has 0 bridgehead atoms. The first-order chi connectivity index (χ1) is 8.06. The molecule has 1 aromatic heterocycles. The van der Waals surface area contributed by atoms with Crippen molar-refractivity contribution in [3.05, 3.63) is 57.3 Å². The summed E-state index contributed by atoms with van der Waals surface area (Å²) in [6, 6.07) is 7.35. The minimum Gasteiger partial charge on any atom is -0.235 e. The second kappa shape index (κ2) is 4.98.